The lowest BCUT2D eigenvalue weighted by molar-refractivity contribution is -0.289. The van der Waals surface area contributed by atoms with E-state index in [4.69, 9.17) is 9.47 Å². The number of nitrogens with one attached hydrogen (secondary N) is 2. The van der Waals surface area contributed by atoms with Crippen LogP contribution in [0.5, 0.6) is 0 Å². The Bertz CT molecular complexity index is 3510. The number of carbonyl (C=O) groups excluding carboxylic acids is 4. The Morgan fingerprint density at radius 3 is 1.06 bits per heavy atom. The van der Waals surface area contributed by atoms with Gasteiger partial charge < -0.3 is 20.1 Å². The van der Waals surface area contributed by atoms with E-state index in [0.29, 0.717) is 40.8 Å². The molecule has 22 heteroatoms. The number of amides is 2. The van der Waals surface area contributed by atoms with Crippen molar-refractivity contribution >= 4 is 181 Å². The number of hydroxylamine groups is 2. The smallest absolute Gasteiger partial charge is 0.340 e. The number of benzene rings is 5. The van der Waals surface area contributed by atoms with Crippen LogP contribution in [-0.2, 0) is 14.7 Å². The summed E-state index contributed by atoms with van der Waals surface area (Å²) < 4.78 is 9.21. The minimum absolute atomic E-state index is 0.174. The highest BCUT2D eigenvalue weighted by Gasteiger charge is 2.55. The van der Waals surface area contributed by atoms with Gasteiger partial charge in [0.05, 0.1) is 61.3 Å². The number of methoxy groups -OCH3 is 2. The van der Waals surface area contributed by atoms with E-state index in [-0.39, 0.29) is 46.1 Å². The maximum Gasteiger partial charge on any atom is 0.340 e. The number of ether oxygens (including phenoxy) is 2. The number of hydrogen-bond acceptors (Lipinski definition) is 19. The third-order valence-electron chi connectivity index (χ3n) is 15.2. The van der Waals surface area contributed by atoms with Gasteiger partial charge in [0.25, 0.3) is 11.8 Å². The summed E-state index contributed by atoms with van der Waals surface area (Å²) in [5, 5.41) is 22.7. The number of anilines is 1. The predicted molar refractivity (Wildman–Crippen MR) is 360 cm³/mol. The first kappa shape index (κ1) is 62.5. The second kappa shape index (κ2) is 21.2. The largest absolute Gasteiger partial charge is 0.465 e. The first-order valence-electron chi connectivity index (χ1n) is 27.6. The number of carbonyl (C=O) groups is 4. The van der Waals surface area contributed by atoms with Crippen molar-refractivity contribution < 1.29 is 33.9 Å². The Morgan fingerprint density at radius 1 is 0.417 bits per heavy atom. The number of thioether (sulfide) groups is 12. The second-order valence-corrected chi connectivity index (χ2v) is 47.1. The summed E-state index contributed by atoms with van der Waals surface area (Å²) in [4.78, 5) is 70.5. The number of hydrogen-bond donors (Lipinski definition) is 2. The van der Waals surface area contributed by atoms with Crippen molar-refractivity contribution in [2.24, 2.45) is 0 Å². The van der Waals surface area contributed by atoms with Crippen molar-refractivity contribution in [3.8, 4) is 0 Å². The molecule has 2 N–H and O–H groups in total. The second-order valence-electron chi connectivity index (χ2n) is 25.9. The van der Waals surface area contributed by atoms with Gasteiger partial charge in [0, 0.05) is 87.1 Å². The van der Waals surface area contributed by atoms with Crippen molar-refractivity contribution in [3.63, 3.8) is 0 Å². The van der Waals surface area contributed by atoms with E-state index in [1.807, 2.05) is 64.1 Å². The molecule has 0 spiro atoms. The van der Waals surface area contributed by atoms with Gasteiger partial charge in [-0.15, -0.1) is 151 Å². The minimum Gasteiger partial charge on any atom is -0.465 e. The van der Waals surface area contributed by atoms with Gasteiger partial charge in [-0.05, 0) is 175 Å². The van der Waals surface area contributed by atoms with Crippen LogP contribution in [0.4, 0.5) is 5.69 Å². The van der Waals surface area contributed by atoms with Crippen molar-refractivity contribution in [2.45, 2.75) is 224 Å². The molecule has 2 amide bonds. The van der Waals surface area contributed by atoms with Gasteiger partial charge in [0.15, 0.2) is 0 Å². The zero-order chi connectivity index (χ0) is 60.7. The standard InChI is InChI=1S/C62H67N3O7S12/c1-55(2)25-31(26-56(3,4)65(55)70)64-51(66)28-20-19-27-21-22-30(24-29(27)23-28)63-52(67)36-45-39(73-57(5,6)79-45)33(40-46(36)80-58(7,8)74-40)32(34-41-47(81-59(9,10)75-41)37(53(68)71-17)48-42(34)76-60(11,12)82-48)35-43-49(83-61(13,14)77-43)38(54(69)72-18)50-44(35)78-62(15,16)84-50/h19-24,31H,25-26H2,1-18H3,(H,63,67)(H,64,66). The van der Waals surface area contributed by atoms with Crippen molar-refractivity contribution in [1.82, 2.24) is 10.4 Å². The molecular formula is C62H67N3O7S12. The zero-order valence-electron chi connectivity index (χ0n) is 50.2. The van der Waals surface area contributed by atoms with E-state index in [1.54, 1.807) is 141 Å². The molecule has 10 nitrogen and oxygen atoms in total. The normalized spacial score (nSPS) is 22.0. The Balaban J connectivity index is 1.08. The highest BCUT2D eigenvalue weighted by atomic mass is 32.2. The number of rotatable bonds is 9. The summed E-state index contributed by atoms with van der Waals surface area (Å²) in [7, 11) is 2.95. The van der Waals surface area contributed by atoms with Crippen LogP contribution >= 0.6 is 141 Å². The lowest BCUT2D eigenvalue weighted by Gasteiger charge is -2.50. The van der Waals surface area contributed by atoms with Crippen molar-refractivity contribution in [3.05, 3.63) is 81.3 Å². The van der Waals surface area contributed by atoms with E-state index in [0.717, 1.165) is 92.1 Å². The summed E-state index contributed by atoms with van der Waals surface area (Å²) in [6, 6.07) is 11.3. The van der Waals surface area contributed by atoms with Crippen LogP contribution in [0.15, 0.2) is 95.1 Å². The topological polar surface area (TPSA) is 134 Å². The molecule has 84 heavy (non-hydrogen) atoms. The fourth-order valence-corrected chi connectivity index (χ4v) is 30.1. The van der Waals surface area contributed by atoms with Gasteiger partial charge in [-0.3, -0.25) is 9.59 Å². The van der Waals surface area contributed by atoms with Gasteiger partial charge in [0.2, 0.25) is 0 Å². The van der Waals surface area contributed by atoms with Gasteiger partial charge in [-0.2, -0.15) is 0 Å². The quantitative estimate of drug-likeness (QED) is 0.107. The van der Waals surface area contributed by atoms with Crippen LogP contribution in [0.1, 0.15) is 182 Å². The highest BCUT2D eigenvalue weighted by molar-refractivity contribution is 8.23. The first-order chi connectivity index (χ1) is 38.9. The Morgan fingerprint density at radius 2 is 0.726 bits per heavy atom. The summed E-state index contributed by atoms with van der Waals surface area (Å²) in [5.41, 5.74) is 4.95. The average molecular weight is 1350 g/mol. The molecule has 2 radical (unpaired) electrons. The fourth-order valence-electron chi connectivity index (χ4n) is 12.4. The molecule has 0 saturated carbocycles. The van der Waals surface area contributed by atoms with Crippen LogP contribution in [0.25, 0.3) is 10.8 Å². The molecule has 0 aromatic heterocycles. The van der Waals surface area contributed by atoms with Crippen LogP contribution in [0.2, 0.25) is 0 Å². The van der Waals surface area contributed by atoms with E-state index in [9.17, 15) is 19.6 Å². The molecule has 7 heterocycles. The van der Waals surface area contributed by atoms with Crippen LogP contribution in [-0.4, -0.2) is 84.6 Å². The molecule has 444 valence electrons. The van der Waals surface area contributed by atoms with Gasteiger partial charge in [-0.1, -0.05) is 12.1 Å². The molecular weight excluding hydrogens is 1280 g/mol. The molecule has 12 rings (SSSR count). The maximum atomic E-state index is 15.8. The molecule has 1 saturated heterocycles. The maximum absolute atomic E-state index is 15.8. The number of piperidine rings is 1. The summed E-state index contributed by atoms with van der Waals surface area (Å²) in [6.45, 7) is 34.5. The summed E-state index contributed by atoms with van der Waals surface area (Å²) in [5.74, 6) is -0.0549. The van der Waals surface area contributed by atoms with Gasteiger partial charge >= 0.3 is 11.9 Å². The molecule has 7 aliphatic heterocycles. The fraction of sp³-hybridized carbons (Fsp3) is 0.468. The molecule has 0 bridgehead atoms. The van der Waals surface area contributed by atoms with E-state index in [1.165, 1.54) is 19.3 Å². The Kier molecular flexibility index (Phi) is 15.8. The third kappa shape index (κ3) is 11.0. The summed E-state index contributed by atoms with van der Waals surface area (Å²) in [6.07, 6.45) is 1.07. The first-order valence-corrected chi connectivity index (χ1v) is 37.4. The van der Waals surface area contributed by atoms with Crippen LogP contribution in [0, 0.1) is 5.92 Å². The van der Waals surface area contributed by atoms with E-state index >= 15 is 4.79 Å². The molecule has 0 aliphatic carbocycles. The number of esters is 2. The molecule has 0 unspecified atom stereocenters. The average Bonchev–Trinajstić information content (AvgIpc) is 1.54. The molecule has 1 fully saturated rings. The minimum atomic E-state index is -0.632. The third-order valence-corrected chi connectivity index (χ3v) is 32.2. The van der Waals surface area contributed by atoms with Crippen molar-refractivity contribution in [2.75, 3.05) is 19.5 Å². The molecule has 5 aromatic rings. The molecule has 5 aromatic carbocycles. The Labute approximate surface area is 545 Å². The molecule has 0 atom stereocenters. The van der Waals surface area contributed by atoms with Gasteiger partial charge in [-0.25, -0.2) is 9.59 Å². The predicted octanol–water partition coefficient (Wildman–Crippen LogP) is 19.4. The number of fused-ring (bicyclic) bond motifs is 7. The van der Waals surface area contributed by atoms with E-state index < -0.39 is 19.2 Å². The zero-order valence-corrected chi connectivity index (χ0v) is 60.0. The lowest BCUT2D eigenvalue weighted by atomic mass is 9.79. The van der Waals surface area contributed by atoms with Gasteiger partial charge in [0.1, 0.15) is 0 Å². The van der Waals surface area contributed by atoms with Crippen LogP contribution in [0.3, 0.4) is 0 Å². The number of nitrogens with zero attached hydrogens (tertiary/aromatic N) is 1. The monoisotopic (exact) mass is 1350 g/mol. The van der Waals surface area contributed by atoms with Crippen molar-refractivity contribution in [1.29, 1.82) is 0 Å². The molecule has 7 aliphatic rings. The summed E-state index contributed by atoms with van der Waals surface area (Å²) >= 11 is 21.2. The van der Waals surface area contributed by atoms with Crippen LogP contribution < -0.4 is 10.6 Å². The highest BCUT2D eigenvalue weighted by Crippen LogP contribution is 2.75. The lowest BCUT2D eigenvalue weighted by Crippen LogP contribution is -2.62. The Hall–Kier alpha value is -1.64. The SMILES string of the molecule is COC(=O)c1c2c(c([C](c3c4c(c(C(=O)Nc5ccc6ccc(C(=O)NC7CC(C)(C)N([O])C(C)(C)C7)cc6c5)c5c3SC(C)(C)S5)SC(C)(C)S4)c3c4c(c(C(=O)OC)c5c3SC(C)(C)S5)SC(C)(C)S4)c3c1SC(C)(C)S3)SC(C)(C)S2. The van der Waals surface area contributed by atoms with E-state index in [2.05, 4.69) is 93.7 Å².